The Morgan fingerprint density at radius 1 is 1.13 bits per heavy atom. The summed E-state index contributed by atoms with van der Waals surface area (Å²) in [6.07, 6.45) is 1.62. The van der Waals surface area contributed by atoms with E-state index in [2.05, 4.69) is 4.98 Å². The Bertz CT molecular complexity index is 527. The Hall–Kier alpha value is -2.03. The monoisotopic (exact) mass is 199 g/mol. The minimum Gasteiger partial charge on any atom is -0.338 e. The Kier molecular flexibility index (Phi) is 2.54. The van der Waals surface area contributed by atoms with Gasteiger partial charge in [-0.1, -0.05) is 30.3 Å². The van der Waals surface area contributed by atoms with Crippen molar-refractivity contribution in [2.24, 2.45) is 0 Å². The summed E-state index contributed by atoms with van der Waals surface area (Å²) in [7, 11) is 0. The van der Waals surface area contributed by atoms with Crippen LogP contribution in [-0.4, -0.2) is 9.66 Å². The molecule has 76 valence electrons. The lowest BCUT2D eigenvalue weighted by molar-refractivity contribution is 1.04. The quantitative estimate of drug-likeness (QED) is 0.661. The zero-order valence-corrected chi connectivity index (χ0v) is 8.59. The van der Waals surface area contributed by atoms with E-state index >= 15 is 0 Å². The van der Waals surface area contributed by atoms with Gasteiger partial charge >= 0.3 is 0 Å². The minimum absolute atomic E-state index is 0.895. The van der Waals surface area contributed by atoms with Gasteiger partial charge in [0.25, 0.3) is 0 Å². The maximum atomic E-state index is 5.75. The molecule has 1 heterocycles. The van der Waals surface area contributed by atoms with Gasteiger partial charge in [-0.2, -0.15) is 0 Å². The molecule has 0 aliphatic rings. The van der Waals surface area contributed by atoms with E-state index in [1.54, 1.807) is 6.33 Å². The summed E-state index contributed by atoms with van der Waals surface area (Å²) in [5, 5.41) is 0. The third kappa shape index (κ3) is 2.07. The van der Waals surface area contributed by atoms with Crippen LogP contribution in [0.1, 0.15) is 5.56 Å². The summed E-state index contributed by atoms with van der Waals surface area (Å²) < 4.78 is 1.52. The van der Waals surface area contributed by atoms with Gasteiger partial charge in [0, 0.05) is 0 Å². The van der Waals surface area contributed by atoms with Crippen LogP contribution in [-0.2, 0) is 0 Å². The first-order valence-electron chi connectivity index (χ1n) is 4.79. The van der Waals surface area contributed by atoms with Crippen molar-refractivity contribution in [3.05, 3.63) is 54.4 Å². The predicted molar refractivity (Wildman–Crippen MR) is 62.2 cm³/mol. The van der Waals surface area contributed by atoms with E-state index in [0.717, 1.165) is 16.6 Å². The van der Waals surface area contributed by atoms with Crippen LogP contribution >= 0.6 is 0 Å². The summed E-state index contributed by atoms with van der Waals surface area (Å²) >= 11 is 0. The van der Waals surface area contributed by atoms with Crippen molar-refractivity contribution in [1.29, 1.82) is 0 Å². The van der Waals surface area contributed by atoms with Crippen LogP contribution in [0.15, 0.2) is 48.8 Å². The van der Waals surface area contributed by atoms with Gasteiger partial charge in [0.05, 0.1) is 11.0 Å². The van der Waals surface area contributed by atoms with Crippen LogP contribution in [0, 0.1) is 6.92 Å². The fourth-order valence-electron chi connectivity index (χ4n) is 1.41. The minimum atomic E-state index is 0.895. The third-order valence-electron chi connectivity index (χ3n) is 2.17. The summed E-state index contributed by atoms with van der Waals surface area (Å²) in [5.41, 5.74) is 2.95. The van der Waals surface area contributed by atoms with Crippen molar-refractivity contribution in [3.63, 3.8) is 0 Å². The predicted octanol–water partition coefficient (Wildman–Crippen LogP) is 2.18. The fourth-order valence-corrected chi connectivity index (χ4v) is 1.41. The molecule has 3 heteroatoms. The van der Waals surface area contributed by atoms with Gasteiger partial charge < -0.3 is 5.84 Å². The SMILES string of the molecule is Cc1ccccccc2c(c1)ncn2N. The number of imidazole rings is 1. The highest BCUT2D eigenvalue weighted by Crippen LogP contribution is 2.07. The molecule has 0 radical (unpaired) electrons. The number of fused-ring (bicyclic) bond motifs is 1. The number of hydrogen-bond acceptors (Lipinski definition) is 2. The van der Waals surface area contributed by atoms with Crippen molar-refractivity contribution < 1.29 is 0 Å². The number of nitrogens with two attached hydrogens (primary N) is 1. The molecule has 0 saturated carbocycles. The standard InChI is InChI=1S/C12H13N3/c1-10-6-4-2-3-5-7-12-11(8-10)14-9-15(12)13/h2-9H,13H2,1H3. The van der Waals surface area contributed by atoms with Crippen molar-refractivity contribution in [3.8, 4) is 0 Å². The largest absolute Gasteiger partial charge is 0.338 e. The smallest absolute Gasteiger partial charge is 0.115 e. The lowest BCUT2D eigenvalue weighted by Crippen LogP contribution is -2.04. The molecule has 0 atom stereocenters. The maximum absolute atomic E-state index is 5.75. The van der Waals surface area contributed by atoms with Crippen molar-refractivity contribution in [1.82, 2.24) is 9.66 Å². The van der Waals surface area contributed by atoms with Gasteiger partial charge in [0.1, 0.15) is 6.33 Å². The second-order valence-corrected chi connectivity index (χ2v) is 3.41. The number of hydrogen-bond donors (Lipinski definition) is 1. The van der Waals surface area contributed by atoms with E-state index in [1.807, 2.05) is 49.4 Å². The first-order valence-corrected chi connectivity index (χ1v) is 4.79. The molecule has 0 amide bonds. The van der Waals surface area contributed by atoms with Crippen molar-refractivity contribution in [2.45, 2.75) is 6.92 Å². The first kappa shape index (κ1) is 9.52. The average molecular weight is 199 g/mol. The van der Waals surface area contributed by atoms with Gasteiger partial charge in [-0.15, -0.1) is 0 Å². The van der Waals surface area contributed by atoms with E-state index in [1.165, 1.54) is 4.68 Å². The van der Waals surface area contributed by atoms with E-state index in [4.69, 9.17) is 5.84 Å². The number of aromatic nitrogens is 2. The van der Waals surface area contributed by atoms with E-state index in [0.29, 0.717) is 0 Å². The molecule has 0 fully saturated rings. The highest BCUT2D eigenvalue weighted by molar-refractivity contribution is 5.74. The van der Waals surface area contributed by atoms with Gasteiger partial charge in [-0.05, 0) is 24.6 Å². The summed E-state index contributed by atoms with van der Waals surface area (Å²) in [4.78, 5) is 4.23. The lowest BCUT2D eigenvalue weighted by Gasteiger charge is -1.90. The Balaban J connectivity index is 2.83. The Morgan fingerprint density at radius 2 is 1.87 bits per heavy atom. The number of aryl methyl sites for hydroxylation is 1. The molecule has 2 rings (SSSR count). The van der Waals surface area contributed by atoms with Crippen LogP contribution in [0.2, 0.25) is 0 Å². The fraction of sp³-hybridized carbons (Fsp3) is 0.0833. The highest BCUT2D eigenvalue weighted by Gasteiger charge is 1.94. The molecule has 3 nitrogen and oxygen atoms in total. The number of nitrogens with zero attached hydrogens (tertiary/aromatic N) is 2. The molecule has 0 saturated heterocycles. The second kappa shape index (κ2) is 4.00. The molecule has 0 unspecified atom stereocenters. The van der Waals surface area contributed by atoms with Gasteiger partial charge in [-0.3, -0.25) is 0 Å². The van der Waals surface area contributed by atoms with Crippen LogP contribution < -0.4 is 5.84 Å². The lowest BCUT2D eigenvalue weighted by atomic mass is 10.2. The summed E-state index contributed by atoms with van der Waals surface area (Å²) in [6.45, 7) is 2.04. The van der Waals surface area contributed by atoms with E-state index in [9.17, 15) is 0 Å². The first-order chi connectivity index (χ1) is 7.27. The maximum Gasteiger partial charge on any atom is 0.115 e. The molecule has 0 bridgehead atoms. The van der Waals surface area contributed by atoms with Crippen LogP contribution in [0.3, 0.4) is 0 Å². The van der Waals surface area contributed by atoms with Crippen LogP contribution in [0.4, 0.5) is 0 Å². The third-order valence-corrected chi connectivity index (χ3v) is 2.17. The molecule has 1 aromatic heterocycles. The molecular weight excluding hydrogens is 186 g/mol. The molecule has 2 aromatic rings. The van der Waals surface area contributed by atoms with E-state index < -0.39 is 0 Å². The van der Waals surface area contributed by atoms with Crippen molar-refractivity contribution >= 4 is 11.0 Å². The summed E-state index contributed by atoms with van der Waals surface area (Å²) in [6, 6.07) is 13.9. The Labute approximate surface area is 88.5 Å². The normalized spacial score (nSPS) is 9.93. The van der Waals surface area contributed by atoms with Gasteiger partial charge in [0.15, 0.2) is 0 Å². The van der Waals surface area contributed by atoms with E-state index in [-0.39, 0.29) is 0 Å². The molecule has 0 spiro atoms. The summed E-state index contributed by atoms with van der Waals surface area (Å²) in [5.74, 6) is 5.75. The van der Waals surface area contributed by atoms with Crippen molar-refractivity contribution in [2.75, 3.05) is 5.84 Å². The second-order valence-electron chi connectivity index (χ2n) is 3.41. The number of rotatable bonds is 0. The van der Waals surface area contributed by atoms with Gasteiger partial charge in [-0.25, -0.2) is 9.66 Å². The molecule has 1 aromatic carbocycles. The zero-order valence-electron chi connectivity index (χ0n) is 8.59. The highest BCUT2D eigenvalue weighted by atomic mass is 15.3. The zero-order chi connectivity index (χ0) is 10.7. The molecular formula is C12H13N3. The Morgan fingerprint density at radius 3 is 2.67 bits per heavy atom. The van der Waals surface area contributed by atoms with Crippen LogP contribution in [0.5, 0.6) is 0 Å². The number of nitrogen functional groups attached to an aromatic ring is 1. The molecule has 15 heavy (non-hydrogen) atoms. The van der Waals surface area contributed by atoms with Gasteiger partial charge in [0.2, 0.25) is 0 Å². The van der Waals surface area contributed by atoms with Crippen LogP contribution in [0.25, 0.3) is 11.0 Å². The molecule has 2 N–H and O–H groups in total. The average Bonchev–Trinajstić information content (AvgIpc) is 2.55. The topological polar surface area (TPSA) is 43.8 Å². The molecule has 0 aliphatic carbocycles. The molecule has 0 aliphatic heterocycles.